The molecule has 0 radical (unpaired) electrons. The van der Waals surface area contributed by atoms with E-state index in [1.807, 2.05) is 0 Å². The molecule has 1 aliphatic heterocycles. The molecule has 0 spiro atoms. The smallest absolute Gasteiger partial charge is 0.273 e. The van der Waals surface area contributed by atoms with Gasteiger partial charge in [0.05, 0.1) is 16.4 Å². The molecule has 2 N–H and O–H groups in total. The Bertz CT molecular complexity index is 652. The second-order valence-corrected chi connectivity index (χ2v) is 6.82. The van der Waals surface area contributed by atoms with Crippen molar-refractivity contribution in [2.24, 2.45) is 0 Å². The molecule has 1 unspecified atom stereocenters. The zero-order valence-electron chi connectivity index (χ0n) is 11.4. The van der Waals surface area contributed by atoms with Gasteiger partial charge in [0.25, 0.3) is 5.69 Å². The Labute approximate surface area is 121 Å². The number of hydrogen-bond donors (Lipinski definition) is 2. The van der Waals surface area contributed by atoms with Gasteiger partial charge in [0, 0.05) is 31.2 Å². The molecule has 21 heavy (non-hydrogen) atoms. The summed E-state index contributed by atoms with van der Waals surface area (Å²) >= 11 is 0. The van der Waals surface area contributed by atoms with Gasteiger partial charge in [0.2, 0.25) is 10.0 Å². The predicted octanol–water partition coefficient (Wildman–Crippen LogP) is 0.333. The first-order chi connectivity index (χ1) is 9.73. The van der Waals surface area contributed by atoms with Gasteiger partial charge in [-0.1, -0.05) is 6.07 Å². The van der Waals surface area contributed by atoms with Gasteiger partial charge in [-0.2, -0.15) is 0 Å². The molecule has 1 aromatic rings. The Kier molecular flexibility index (Phi) is 4.28. The van der Waals surface area contributed by atoms with Gasteiger partial charge in [-0.25, -0.2) is 13.1 Å². The van der Waals surface area contributed by atoms with Crippen LogP contribution in [-0.2, 0) is 14.8 Å². The molecule has 0 amide bonds. The van der Waals surface area contributed by atoms with E-state index in [9.17, 15) is 23.6 Å². The minimum absolute atomic E-state index is 0.0591. The van der Waals surface area contributed by atoms with E-state index >= 15 is 0 Å². The molecule has 1 fully saturated rings. The van der Waals surface area contributed by atoms with Crippen LogP contribution in [0.2, 0.25) is 0 Å². The monoisotopic (exact) mass is 316 g/mol. The first-order valence-corrected chi connectivity index (χ1v) is 7.77. The minimum atomic E-state index is -3.93. The summed E-state index contributed by atoms with van der Waals surface area (Å²) in [5.74, 6) is 0. The van der Waals surface area contributed by atoms with Crippen LogP contribution in [0.25, 0.3) is 0 Å². The van der Waals surface area contributed by atoms with Crippen LogP contribution in [0.5, 0.6) is 0 Å². The minimum Gasteiger partial charge on any atom is -0.386 e. The van der Waals surface area contributed by atoms with Crippen LogP contribution >= 0.6 is 0 Å². The van der Waals surface area contributed by atoms with E-state index in [4.69, 9.17) is 4.74 Å². The Morgan fingerprint density at radius 2 is 2.24 bits per heavy atom. The third kappa shape index (κ3) is 3.56. The maximum Gasteiger partial charge on any atom is 0.273 e. The highest BCUT2D eigenvalue weighted by atomic mass is 32.2. The Morgan fingerprint density at radius 3 is 2.81 bits per heavy atom. The Morgan fingerprint density at radius 1 is 1.52 bits per heavy atom. The van der Waals surface area contributed by atoms with E-state index in [1.54, 1.807) is 0 Å². The number of nitrogens with zero attached hydrogens (tertiary/aromatic N) is 1. The van der Waals surface area contributed by atoms with Crippen molar-refractivity contribution >= 4 is 15.7 Å². The van der Waals surface area contributed by atoms with Crippen molar-refractivity contribution < 1.29 is 23.2 Å². The van der Waals surface area contributed by atoms with E-state index in [1.165, 1.54) is 19.1 Å². The summed E-state index contributed by atoms with van der Waals surface area (Å²) in [4.78, 5) is 10.0. The highest BCUT2D eigenvalue weighted by Gasteiger charge is 2.34. The SMILES string of the molecule is Cc1ccc(S(=O)(=O)NCC2(O)CCOC2)cc1[N+](=O)[O-]. The summed E-state index contributed by atoms with van der Waals surface area (Å²) in [6, 6.07) is 3.67. The van der Waals surface area contributed by atoms with Gasteiger partial charge in [-0.05, 0) is 13.0 Å². The third-order valence-corrected chi connectivity index (χ3v) is 4.76. The number of benzene rings is 1. The van der Waals surface area contributed by atoms with Crippen LogP contribution in [0, 0.1) is 17.0 Å². The topological polar surface area (TPSA) is 119 Å². The molecule has 1 aromatic carbocycles. The normalized spacial score (nSPS) is 22.4. The van der Waals surface area contributed by atoms with Gasteiger partial charge in [0.1, 0.15) is 5.60 Å². The number of aliphatic hydroxyl groups is 1. The molecular formula is C12H16N2O6S. The Balaban J connectivity index is 2.19. The molecule has 116 valence electrons. The van der Waals surface area contributed by atoms with Crippen molar-refractivity contribution in [3.63, 3.8) is 0 Å². The number of nitrogens with one attached hydrogen (secondary N) is 1. The molecule has 0 bridgehead atoms. The predicted molar refractivity (Wildman–Crippen MR) is 73.4 cm³/mol. The summed E-state index contributed by atoms with van der Waals surface area (Å²) in [5, 5.41) is 20.9. The number of rotatable bonds is 5. The van der Waals surface area contributed by atoms with Crippen LogP contribution in [0.15, 0.2) is 23.1 Å². The zero-order chi connectivity index (χ0) is 15.7. The summed E-state index contributed by atoms with van der Waals surface area (Å²) in [7, 11) is -3.93. The summed E-state index contributed by atoms with van der Waals surface area (Å²) < 4.78 is 31.5. The number of aryl methyl sites for hydroxylation is 1. The lowest BCUT2D eigenvalue weighted by atomic mass is 10.1. The van der Waals surface area contributed by atoms with E-state index in [0.29, 0.717) is 18.6 Å². The van der Waals surface area contributed by atoms with Crippen LogP contribution in [-0.4, -0.2) is 43.8 Å². The van der Waals surface area contributed by atoms with Crippen molar-refractivity contribution in [2.75, 3.05) is 19.8 Å². The fraction of sp³-hybridized carbons (Fsp3) is 0.500. The standard InChI is InChI=1S/C12H16N2O6S/c1-9-2-3-10(6-11(9)14(16)17)21(18,19)13-7-12(15)4-5-20-8-12/h2-3,6,13,15H,4-5,7-8H2,1H3. The molecular weight excluding hydrogens is 300 g/mol. The third-order valence-electron chi connectivity index (χ3n) is 3.36. The zero-order valence-corrected chi connectivity index (χ0v) is 12.2. The lowest BCUT2D eigenvalue weighted by molar-refractivity contribution is -0.385. The first-order valence-electron chi connectivity index (χ1n) is 6.28. The van der Waals surface area contributed by atoms with E-state index < -0.39 is 20.5 Å². The molecule has 8 nitrogen and oxygen atoms in total. The summed E-state index contributed by atoms with van der Waals surface area (Å²) in [6.07, 6.45) is 0.337. The van der Waals surface area contributed by atoms with Crippen molar-refractivity contribution in [3.8, 4) is 0 Å². The highest BCUT2D eigenvalue weighted by Crippen LogP contribution is 2.23. The molecule has 0 saturated carbocycles. The summed E-state index contributed by atoms with van der Waals surface area (Å²) in [6.45, 7) is 1.76. The molecule has 1 aliphatic rings. The summed E-state index contributed by atoms with van der Waals surface area (Å²) in [5.41, 5.74) is -1.12. The molecule has 2 rings (SSSR count). The van der Waals surface area contributed by atoms with Crippen molar-refractivity contribution in [1.82, 2.24) is 4.72 Å². The lowest BCUT2D eigenvalue weighted by Crippen LogP contribution is -2.43. The van der Waals surface area contributed by atoms with E-state index in [-0.39, 0.29) is 23.7 Å². The molecule has 0 aromatic heterocycles. The first kappa shape index (κ1) is 15.8. The number of nitro benzene ring substituents is 1. The van der Waals surface area contributed by atoms with Crippen molar-refractivity contribution in [2.45, 2.75) is 23.8 Å². The Hall–Kier alpha value is -1.55. The fourth-order valence-corrected chi connectivity index (χ4v) is 3.14. The van der Waals surface area contributed by atoms with Gasteiger partial charge in [-0.15, -0.1) is 0 Å². The molecule has 1 saturated heterocycles. The maximum atomic E-state index is 12.1. The van der Waals surface area contributed by atoms with Gasteiger partial charge >= 0.3 is 0 Å². The highest BCUT2D eigenvalue weighted by molar-refractivity contribution is 7.89. The second-order valence-electron chi connectivity index (χ2n) is 5.06. The van der Waals surface area contributed by atoms with Crippen LogP contribution in [0.3, 0.4) is 0 Å². The fourth-order valence-electron chi connectivity index (χ4n) is 2.00. The van der Waals surface area contributed by atoms with Crippen molar-refractivity contribution in [1.29, 1.82) is 0 Å². The number of sulfonamides is 1. The molecule has 0 aliphatic carbocycles. The van der Waals surface area contributed by atoms with Crippen molar-refractivity contribution in [3.05, 3.63) is 33.9 Å². The molecule has 1 heterocycles. The largest absolute Gasteiger partial charge is 0.386 e. The van der Waals surface area contributed by atoms with Crippen LogP contribution in [0.1, 0.15) is 12.0 Å². The average molecular weight is 316 g/mol. The molecule has 9 heteroatoms. The number of hydrogen-bond acceptors (Lipinski definition) is 6. The van der Waals surface area contributed by atoms with Gasteiger partial charge in [0.15, 0.2) is 0 Å². The van der Waals surface area contributed by atoms with E-state index in [2.05, 4.69) is 4.72 Å². The number of ether oxygens (including phenoxy) is 1. The average Bonchev–Trinajstić information content (AvgIpc) is 2.84. The lowest BCUT2D eigenvalue weighted by Gasteiger charge is -2.20. The van der Waals surface area contributed by atoms with Crippen LogP contribution < -0.4 is 4.72 Å². The van der Waals surface area contributed by atoms with E-state index in [0.717, 1.165) is 6.07 Å². The van der Waals surface area contributed by atoms with Gasteiger partial charge < -0.3 is 9.84 Å². The molecule has 1 atom stereocenters. The maximum absolute atomic E-state index is 12.1. The van der Waals surface area contributed by atoms with Crippen LogP contribution in [0.4, 0.5) is 5.69 Å². The van der Waals surface area contributed by atoms with Gasteiger partial charge in [-0.3, -0.25) is 10.1 Å². The number of nitro groups is 1. The quantitative estimate of drug-likeness (QED) is 0.597. The second kappa shape index (κ2) is 5.68.